The summed E-state index contributed by atoms with van der Waals surface area (Å²) in [6.45, 7) is 6.21. The molecule has 0 aliphatic heterocycles. The molecule has 1 heterocycles. The fraction of sp³-hybridized carbons (Fsp3) is 0.700. The quantitative estimate of drug-likeness (QED) is 0.859. The van der Waals surface area contributed by atoms with Crippen molar-refractivity contribution in [1.29, 1.82) is 0 Å². The van der Waals surface area contributed by atoms with Crippen molar-refractivity contribution in [3.63, 3.8) is 0 Å². The van der Waals surface area contributed by atoms with Crippen LogP contribution in [-0.2, 0) is 16.1 Å². The van der Waals surface area contributed by atoms with Crippen molar-refractivity contribution in [3.8, 4) is 0 Å². The molecular weight excluding hydrogens is 226 g/mol. The topological polar surface area (TPSA) is 64.1 Å². The van der Waals surface area contributed by atoms with Crippen molar-refractivity contribution in [3.05, 3.63) is 5.01 Å². The zero-order valence-electron chi connectivity index (χ0n) is 10.0. The second-order valence-corrected chi connectivity index (χ2v) is 5.19. The van der Waals surface area contributed by atoms with E-state index in [9.17, 15) is 4.79 Å². The average molecular weight is 243 g/mol. The van der Waals surface area contributed by atoms with Crippen LogP contribution in [0.4, 0.5) is 5.13 Å². The third-order valence-corrected chi connectivity index (χ3v) is 3.27. The van der Waals surface area contributed by atoms with E-state index in [2.05, 4.69) is 15.5 Å². The lowest BCUT2D eigenvalue weighted by Crippen LogP contribution is -2.29. The molecule has 0 unspecified atom stereocenters. The highest BCUT2D eigenvalue weighted by Gasteiger charge is 2.26. The number of nitrogens with zero attached hydrogens (tertiary/aromatic N) is 2. The summed E-state index contributed by atoms with van der Waals surface area (Å²) in [5, 5.41) is 11.8. The highest BCUT2D eigenvalue weighted by Crippen LogP contribution is 2.23. The molecule has 1 aromatic rings. The predicted octanol–water partition coefficient (Wildman–Crippen LogP) is 2.06. The smallest absolute Gasteiger partial charge is 0.231 e. The van der Waals surface area contributed by atoms with Crippen LogP contribution >= 0.6 is 11.3 Å². The van der Waals surface area contributed by atoms with E-state index in [4.69, 9.17) is 4.74 Å². The summed E-state index contributed by atoms with van der Waals surface area (Å²) in [6, 6.07) is 0. The standard InChI is InChI=1S/C10H17N3O2S/c1-5-10(2,3)8(14)11-9-13-12-7(16-9)6-15-4/h5-6H2,1-4H3,(H,11,13,14). The van der Waals surface area contributed by atoms with Gasteiger partial charge in [0.15, 0.2) is 0 Å². The molecule has 0 aliphatic rings. The Labute approximate surface area is 99.2 Å². The molecular formula is C10H17N3O2S. The number of aromatic nitrogens is 2. The van der Waals surface area contributed by atoms with Crippen molar-refractivity contribution in [2.45, 2.75) is 33.8 Å². The molecule has 5 nitrogen and oxygen atoms in total. The molecule has 0 saturated heterocycles. The second kappa shape index (κ2) is 5.36. The molecule has 0 aromatic carbocycles. The monoisotopic (exact) mass is 243 g/mol. The van der Waals surface area contributed by atoms with E-state index >= 15 is 0 Å². The minimum atomic E-state index is -0.382. The first-order valence-electron chi connectivity index (χ1n) is 5.12. The third kappa shape index (κ3) is 3.24. The van der Waals surface area contributed by atoms with Crippen molar-refractivity contribution in [2.24, 2.45) is 5.41 Å². The Morgan fingerprint density at radius 1 is 1.50 bits per heavy atom. The van der Waals surface area contributed by atoms with Gasteiger partial charge in [0.1, 0.15) is 11.6 Å². The lowest BCUT2D eigenvalue weighted by molar-refractivity contribution is -0.124. The van der Waals surface area contributed by atoms with Crippen molar-refractivity contribution in [1.82, 2.24) is 10.2 Å². The minimum absolute atomic E-state index is 0.0323. The molecule has 0 radical (unpaired) electrons. The molecule has 1 amide bonds. The van der Waals surface area contributed by atoms with Gasteiger partial charge < -0.3 is 10.1 Å². The largest absolute Gasteiger partial charge is 0.377 e. The van der Waals surface area contributed by atoms with Crippen LogP contribution in [0.1, 0.15) is 32.2 Å². The van der Waals surface area contributed by atoms with Gasteiger partial charge in [-0.2, -0.15) is 0 Å². The summed E-state index contributed by atoms with van der Waals surface area (Å²) < 4.78 is 4.93. The first-order chi connectivity index (χ1) is 7.49. The first kappa shape index (κ1) is 13.1. The number of amides is 1. The molecule has 90 valence electrons. The molecule has 0 bridgehead atoms. The van der Waals surface area contributed by atoms with Gasteiger partial charge in [-0.3, -0.25) is 4.79 Å². The van der Waals surface area contributed by atoms with E-state index in [1.165, 1.54) is 11.3 Å². The Bertz CT molecular complexity index is 363. The molecule has 0 aliphatic carbocycles. The molecule has 1 N–H and O–H groups in total. The van der Waals surface area contributed by atoms with Crippen LogP contribution < -0.4 is 5.32 Å². The summed E-state index contributed by atoms with van der Waals surface area (Å²) in [5.74, 6) is -0.0323. The normalized spacial score (nSPS) is 11.5. The Kier molecular flexibility index (Phi) is 4.37. The van der Waals surface area contributed by atoms with Gasteiger partial charge in [-0.1, -0.05) is 32.1 Å². The van der Waals surface area contributed by atoms with Gasteiger partial charge in [0.05, 0.1) is 0 Å². The van der Waals surface area contributed by atoms with Crippen LogP contribution in [0, 0.1) is 5.41 Å². The predicted molar refractivity (Wildman–Crippen MR) is 63.3 cm³/mol. The van der Waals surface area contributed by atoms with Crippen LogP contribution in [0.5, 0.6) is 0 Å². The van der Waals surface area contributed by atoms with Gasteiger partial charge in [0.2, 0.25) is 11.0 Å². The van der Waals surface area contributed by atoms with Crippen LogP contribution in [0.3, 0.4) is 0 Å². The van der Waals surface area contributed by atoms with E-state index in [0.29, 0.717) is 11.7 Å². The molecule has 0 spiro atoms. The van der Waals surface area contributed by atoms with Gasteiger partial charge in [0, 0.05) is 12.5 Å². The number of anilines is 1. The summed E-state index contributed by atoms with van der Waals surface area (Å²) in [7, 11) is 1.60. The maximum absolute atomic E-state index is 11.8. The fourth-order valence-corrected chi connectivity index (χ4v) is 1.62. The highest BCUT2D eigenvalue weighted by molar-refractivity contribution is 7.15. The number of rotatable bonds is 5. The number of hydrogen-bond acceptors (Lipinski definition) is 5. The molecule has 1 aromatic heterocycles. The van der Waals surface area contributed by atoms with Gasteiger partial charge in [-0.05, 0) is 6.42 Å². The fourth-order valence-electron chi connectivity index (χ4n) is 0.913. The zero-order chi connectivity index (χ0) is 12.2. The average Bonchev–Trinajstić information content (AvgIpc) is 2.66. The van der Waals surface area contributed by atoms with Crippen molar-refractivity contribution < 1.29 is 9.53 Å². The summed E-state index contributed by atoms with van der Waals surface area (Å²) in [4.78, 5) is 11.8. The Hall–Kier alpha value is -1.01. The van der Waals surface area contributed by atoms with Gasteiger partial charge >= 0.3 is 0 Å². The van der Waals surface area contributed by atoms with Crippen LogP contribution in [0.2, 0.25) is 0 Å². The van der Waals surface area contributed by atoms with Gasteiger partial charge in [0.25, 0.3) is 0 Å². The SMILES string of the molecule is CCC(C)(C)C(=O)Nc1nnc(COC)s1. The Morgan fingerprint density at radius 3 is 2.75 bits per heavy atom. The van der Waals surface area contributed by atoms with Gasteiger partial charge in [-0.15, -0.1) is 10.2 Å². The number of ether oxygens (including phenoxy) is 1. The van der Waals surface area contributed by atoms with E-state index in [1.807, 2.05) is 20.8 Å². The van der Waals surface area contributed by atoms with Crippen LogP contribution in [0.15, 0.2) is 0 Å². The maximum Gasteiger partial charge on any atom is 0.231 e. The summed E-state index contributed by atoms with van der Waals surface area (Å²) in [6.07, 6.45) is 0.780. The van der Waals surface area contributed by atoms with E-state index < -0.39 is 0 Å². The lowest BCUT2D eigenvalue weighted by atomic mass is 9.89. The number of methoxy groups -OCH3 is 1. The number of hydrogen-bond donors (Lipinski definition) is 1. The van der Waals surface area contributed by atoms with Gasteiger partial charge in [-0.25, -0.2) is 0 Å². The van der Waals surface area contributed by atoms with Crippen molar-refractivity contribution in [2.75, 3.05) is 12.4 Å². The third-order valence-electron chi connectivity index (χ3n) is 2.45. The lowest BCUT2D eigenvalue weighted by Gasteiger charge is -2.19. The number of nitrogens with one attached hydrogen (secondary N) is 1. The molecule has 6 heteroatoms. The first-order valence-corrected chi connectivity index (χ1v) is 5.94. The molecule has 0 fully saturated rings. The Balaban J connectivity index is 2.63. The Morgan fingerprint density at radius 2 is 2.19 bits per heavy atom. The van der Waals surface area contributed by atoms with Crippen LogP contribution in [-0.4, -0.2) is 23.2 Å². The minimum Gasteiger partial charge on any atom is -0.377 e. The van der Waals surface area contributed by atoms with Crippen molar-refractivity contribution >= 4 is 22.4 Å². The molecule has 0 atom stereocenters. The zero-order valence-corrected chi connectivity index (χ0v) is 10.8. The summed E-state index contributed by atoms with van der Waals surface area (Å²) in [5.41, 5.74) is -0.382. The highest BCUT2D eigenvalue weighted by atomic mass is 32.1. The van der Waals surface area contributed by atoms with E-state index in [0.717, 1.165) is 11.4 Å². The molecule has 1 rings (SSSR count). The van der Waals surface area contributed by atoms with Crippen LogP contribution in [0.25, 0.3) is 0 Å². The number of carbonyl (C=O) groups is 1. The number of carbonyl (C=O) groups excluding carboxylic acids is 1. The second-order valence-electron chi connectivity index (χ2n) is 4.13. The molecule has 16 heavy (non-hydrogen) atoms. The maximum atomic E-state index is 11.8. The summed E-state index contributed by atoms with van der Waals surface area (Å²) >= 11 is 1.33. The van der Waals surface area contributed by atoms with E-state index in [1.54, 1.807) is 7.11 Å². The molecule has 0 saturated carbocycles. The van der Waals surface area contributed by atoms with E-state index in [-0.39, 0.29) is 11.3 Å².